The van der Waals surface area contributed by atoms with E-state index in [9.17, 15) is 0 Å². The molecule has 1 aliphatic rings. The van der Waals surface area contributed by atoms with Crippen LogP contribution in [0.5, 0.6) is 0 Å². The Balaban J connectivity index is 1.05. The number of para-hydroxylation sites is 4. The van der Waals surface area contributed by atoms with Crippen LogP contribution in [-0.4, -0.2) is 9.13 Å². The van der Waals surface area contributed by atoms with E-state index in [2.05, 4.69) is 198 Å². The van der Waals surface area contributed by atoms with Crippen LogP contribution >= 0.6 is 0 Å². The van der Waals surface area contributed by atoms with E-state index in [1.54, 1.807) is 0 Å². The minimum absolute atomic E-state index is 0.0494. The first-order valence-electron chi connectivity index (χ1n) is 19.6. The van der Waals surface area contributed by atoms with E-state index in [0.29, 0.717) is 0 Å². The van der Waals surface area contributed by atoms with Gasteiger partial charge in [-0.1, -0.05) is 122 Å². The smallest absolute Gasteiger partial charge is 0.160 e. The summed E-state index contributed by atoms with van der Waals surface area (Å²) in [5.41, 5.74) is 13.3. The number of hydrogen-bond donors (Lipinski definition) is 2. The van der Waals surface area contributed by atoms with Crippen molar-refractivity contribution in [3.63, 3.8) is 0 Å². The molecule has 5 heteroatoms. The van der Waals surface area contributed by atoms with Crippen molar-refractivity contribution < 1.29 is 4.42 Å². The van der Waals surface area contributed by atoms with E-state index in [4.69, 9.17) is 4.42 Å². The van der Waals surface area contributed by atoms with Crippen molar-refractivity contribution in [1.29, 1.82) is 0 Å². The number of fused-ring (bicyclic) bond motifs is 8. The molecule has 2 atom stereocenters. The fourth-order valence-electron chi connectivity index (χ4n) is 8.70. The van der Waals surface area contributed by atoms with Crippen LogP contribution in [0.1, 0.15) is 48.6 Å². The van der Waals surface area contributed by atoms with Crippen LogP contribution < -0.4 is 10.6 Å². The van der Waals surface area contributed by atoms with Crippen molar-refractivity contribution in [2.24, 2.45) is 0 Å². The summed E-state index contributed by atoms with van der Waals surface area (Å²) >= 11 is 0. The topological polar surface area (TPSA) is 47.1 Å². The Hall–Kier alpha value is -7.08. The van der Waals surface area contributed by atoms with Crippen molar-refractivity contribution in [3.05, 3.63) is 205 Å². The van der Waals surface area contributed by atoms with Gasteiger partial charge in [0.25, 0.3) is 0 Å². The average molecular weight is 739 g/mol. The second kappa shape index (κ2) is 14.2. The third-order valence-electron chi connectivity index (χ3n) is 11.4. The van der Waals surface area contributed by atoms with Gasteiger partial charge >= 0.3 is 0 Å². The number of anilines is 1. The molecule has 2 unspecified atom stereocenters. The van der Waals surface area contributed by atoms with Crippen molar-refractivity contribution in [1.82, 2.24) is 14.5 Å². The molecule has 57 heavy (non-hydrogen) atoms. The standard InChI is InChI=1S/C52H42N4O/c1-4-7-17-38(6-3)55-39(31-36-16-8-13-22-46(36)55)28-25-34(5-2)35-26-29-48-43(32-35)40-18-10-14-23-47(40)56(48)52-53-45-21-12-9-20-42(45)51(54-52)37-27-30-50-44(33-37)41-19-11-15-24-49(41)57-50/h4-33,51-54H,1H2,2-3H3/b17-7-,28-25-,34-5+,38-6+. The molecule has 0 amide bonds. The number of furan rings is 1. The molecule has 0 fully saturated rings. The van der Waals surface area contributed by atoms with Crippen LogP contribution in [0.3, 0.4) is 0 Å². The summed E-state index contributed by atoms with van der Waals surface area (Å²) in [7, 11) is 0. The van der Waals surface area contributed by atoms with Gasteiger partial charge in [-0.2, -0.15) is 0 Å². The third kappa shape index (κ3) is 5.83. The zero-order chi connectivity index (χ0) is 38.5. The molecule has 5 nitrogen and oxygen atoms in total. The number of aromatic nitrogens is 2. The number of nitrogens with zero attached hydrogens (tertiary/aromatic N) is 2. The first kappa shape index (κ1) is 34.4. The highest BCUT2D eigenvalue weighted by Gasteiger charge is 2.30. The molecule has 3 aromatic heterocycles. The highest BCUT2D eigenvalue weighted by atomic mass is 16.3. The molecule has 0 bridgehead atoms. The fourth-order valence-corrected chi connectivity index (χ4v) is 8.70. The molecule has 4 heterocycles. The molecule has 0 saturated carbocycles. The fraction of sp³-hybridized carbons (Fsp3) is 0.0769. The lowest BCUT2D eigenvalue weighted by Crippen LogP contribution is -2.40. The Labute approximate surface area is 331 Å². The minimum atomic E-state index is -0.214. The SMILES string of the molecule is C=C/C=C\C(=C/C)n1c(/C=C\C(=C/C)c2ccc3c(c2)c2ccccc2n3C2Nc3ccccc3C(c3ccc4oc5ccccc5c4c3)N2)cc2ccccc21. The van der Waals surface area contributed by atoms with Crippen LogP contribution in [0.25, 0.3) is 72.0 Å². The zero-order valence-corrected chi connectivity index (χ0v) is 32.0. The lowest BCUT2D eigenvalue weighted by molar-refractivity contribution is 0.417. The summed E-state index contributed by atoms with van der Waals surface area (Å²) in [6, 6.07) is 49.9. The largest absolute Gasteiger partial charge is 0.456 e. The first-order valence-corrected chi connectivity index (χ1v) is 19.6. The van der Waals surface area contributed by atoms with E-state index in [1.807, 2.05) is 24.3 Å². The van der Waals surface area contributed by atoms with E-state index in [-0.39, 0.29) is 12.3 Å². The Bertz CT molecular complexity index is 3140. The van der Waals surface area contributed by atoms with E-state index in [1.165, 1.54) is 32.8 Å². The van der Waals surface area contributed by atoms with Gasteiger partial charge in [-0.15, -0.1) is 0 Å². The molecule has 2 N–H and O–H groups in total. The molecule has 10 rings (SSSR count). The summed E-state index contributed by atoms with van der Waals surface area (Å²) in [5, 5.41) is 13.8. The average Bonchev–Trinajstić information content (AvgIpc) is 3.93. The number of hydrogen-bond acceptors (Lipinski definition) is 3. The lowest BCUT2D eigenvalue weighted by atomic mass is 9.94. The van der Waals surface area contributed by atoms with Gasteiger partial charge < -0.3 is 18.9 Å². The van der Waals surface area contributed by atoms with E-state index in [0.717, 1.165) is 61.2 Å². The Kier molecular flexibility index (Phi) is 8.58. The Morgan fingerprint density at radius 3 is 2.28 bits per heavy atom. The molecular weight excluding hydrogens is 697 g/mol. The van der Waals surface area contributed by atoms with Gasteiger partial charge in [-0.3, -0.25) is 5.32 Å². The van der Waals surface area contributed by atoms with Gasteiger partial charge in [0.05, 0.1) is 22.6 Å². The summed E-state index contributed by atoms with van der Waals surface area (Å²) in [6.45, 7) is 8.08. The maximum absolute atomic E-state index is 6.20. The van der Waals surface area contributed by atoms with Gasteiger partial charge in [0.15, 0.2) is 6.29 Å². The van der Waals surface area contributed by atoms with Crippen LogP contribution in [0, 0.1) is 0 Å². The quantitative estimate of drug-likeness (QED) is 0.153. The minimum Gasteiger partial charge on any atom is -0.456 e. The summed E-state index contributed by atoms with van der Waals surface area (Å²) in [5.74, 6) is 0. The second-order valence-electron chi connectivity index (χ2n) is 14.6. The number of nitrogens with one attached hydrogen (secondary N) is 2. The first-order chi connectivity index (χ1) is 28.1. The molecule has 1 aliphatic heterocycles. The van der Waals surface area contributed by atoms with Gasteiger partial charge in [-0.25, -0.2) is 0 Å². The molecule has 0 saturated heterocycles. The summed E-state index contributed by atoms with van der Waals surface area (Å²) < 4.78 is 10.9. The Morgan fingerprint density at radius 1 is 0.667 bits per heavy atom. The van der Waals surface area contributed by atoms with Gasteiger partial charge in [-0.05, 0) is 103 Å². The highest BCUT2D eigenvalue weighted by Crippen LogP contribution is 2.41. The van der Waals surface area contributed by atoms with E-state index >= 15 is 0 Å². The maximum Gasteiger partial charge on any atom is 0.160 e. The molecule has 9 aromatic rings. The van der Waals surface area contributed by atoms with Crippen molar-refractivity contribution in [2.75, 3.05) is 5.32 Å². The molecule has 0 aliphatic carbocycles. The van der Waals surface area contributed by atoms with E-state index < -0.39 is 0 Å². The van der Waals surface area contributed by atoms with Crippen molar-refractivity contribution >= 4 is 77.7 Å². The van der Waals surface area contributed by atoms with Gasteiger partial charge in [0.1, 0.15) is 11.2 Å². The predicted molar refractivity (Wildman–Crippen MR) is 241 cm³/mol. The van der Waals surface area contributed by atoms with Crippen LogP contribution in [0.15, 0.2) is 187 Å². The zero-order valence-electron chi connectivity index (χ0n) is 32.0. The molecule has 276 valence electrons. The maximum atomic E-state index is 6.20. The predicted octanol–water partition coefficient (Wildman–Crippen LogP) is 13.6. The van der Waals surface area contributed by atoms with Gasteiger partial charge in [0.2, 0.25) is 0 Å². The number of allylic oxidation sites excluding steroid dienone is 8. The van der Waals surface area contributed by atoms with Crippen LogP contribution in [0.4, 0.5) is 5.69 Å². The normalized spacial score (nSPS) is 16.5. The second-order valence-corrected chi connectivity index (χ2v) is 14.6. The molecular formula is C52H42N4O. The molecule has 0 radical (unpaired) electrons. The van der Waals surface area contributed by atoms with Crippen molar-refractivity contribution in [3.8, 4) is 0 Å². The monoisotopic (exact) mass is 738 g/mol. The van der Waals surface area contributed by atoms with Crippen molar-refractivity contribution in [2.45, 2.75) is 26.2 Å². The Morgan fingerprint density at radius 2 is 1.42 bits per heavy atom. The third-order valence-corrected chi connectivity index (χ3v) is 11.4. The van der Waals surface area contributed by atoms with Crippen LogP contribution in [-0.2, 0) is 0 Å². The van der Waals surface area contributed by atoms with Gasteiger partial charge in [0, 0.05) is 44.0 Å². The number of benzene rings is 6. The lowest BCUT2D eigenvalue weighted by Gasteiger charge is -2.36. The summed E-state index contributed by atoms with van der Waals surface area (Å²) in [4.78, 5) is 0. The summed E-state index contributed by atoms with van der Waals surface area (Å²) in [6.07, 6.45) is 14.5. The highest BCUT2D eigenvalue weighted by molar-refractivity contribution is 6.09. The number of rotatable bonds is 8. The molecule has 6 aromatic carbocycles. The molecule has 0 spiro atoms. The van der Waals surface area contributed by atoms with Crippen LogP contribution in [0.2, 0.25) is 0 Å².